The van der Waals surface area contributed by atoms with Crippen molar-refractivity contribution in [1.29, 1.82) is 0 Å². The molecule has 3 nitrogen and oxygen atoms in total. The monoisotopic (exact) mass is 336 g/mol. The Balaban J connectivity index is 1.86. The maximum atomic E-state index is 12.3. The molecule has 0 spiro atoms. The van der Waals surface area contributed by atoms with Gasteiger partial charge in [-0.3, -0.25) is 4.79 Å². The Morgan fingerprint density at radius 3 is 2.38 bits per heavy atom. The van der Waals surface area contributed by atoms with Crippen LogP contribution >= 0.6 is 11.8 Å². The molecule has 0 saturated heterocycles. The molecule has 1 N–H and O–H groups in total. The third-order valence-electron chi connectivity index (χ3n) is 3.74. The standard InChI is InChI=1S/C20H16O3S/c1-20(2)12-17(21)16-11-14(7-10-18(16)24-20)4-3-13-5-8-15(9-6-13)19(22)23/h5-11H,12H2,1-2H3,(H,22,23). The Kier molecular flexibility index (Phi) is 4.21. The van der Waals surface area contributed by atoms with Crippen LogP contribution in [0.25, 0.3) is 0 Å². The minimum absolute atomic E-state index is 0.0663. The Morgan fingerprint density at radius 1 is 1.08 bits per heavy atom. The van der Waals surface area contributed by atoms with Gasteiger partial charge in [-0.25, -0.2) is 4.79 Å². The van der Waals surface area contributed by atoms with E-state index >= 15 is 0 Å². The van der Waals surface area contributed by atoms with E-state index in [1.54, 1.807) is 23.9 Å². The van der Waals surface area contributed by atoms with Crippen LogP contribution < -0.4 is 0 Å². The Hall–Kier alpha value is -2.51. The quantitative estimate of drug-likeness (QED) is 0.791. The molecule has 0 aromatic heterocycles. The molecule has 0 fully saturated rings. The van der Waals surface area contributed by atoms with Gasteiger partial charge in [0.1, 0.15) is 0 Å². The fourth-order valence-electron chi connectivity index (χ4n) is 2.57. The number of carboxylic acid groups (broad SMARTS) is 1. The van der Waals surface area contributed by atoms with E-state index in [4.69, 9.17) is 5.11 Å². The number of thioether (sulfide) groups is 1. The highest BCUT2D eigenvalue weighted by Gasteiger charge is 2.31. The molecule has 2 aromatic carbocycles. The molecule has 1 aliphatic heterocycles. The highest BCUT2D eigenvalue weighted by atomic mass is 32.2. The molecule has 3 rings (SSSR count). The van der Waals surface area contributed by atoms with E-state index in [2.05, 4.69) is 25.7 Å². The number of carbonyl (C=O) groups excluding carboxylic acids is 1. The van der Waals surface area contributed by atoms with Gasteiger partial charge in [0.25, 0.3) is 0 Å². The van der Waals surface area contributed by atoms with Crippen molar-refractivity contribution in [2.75, 3.05) is 0 Å². The normalized spacial score (nSPS) is 15.2. The maximum absolute atomic E-state index is 12.3. The Labute approximate surface area is 145 Å². The number of hydrogen-bond acceptors (Lipinski definition) is 3. The summed E-state index contributed by atoms with van der Waals surface area (Å²) in [5.74, 6) is 5.25. The van der Waals surface area contributed by atoms with Crippen molar-refractivity contribution in [3.8, 4) is 11.8 Å². The van der Waals surface area contributed by atoms with Crippen molar-refractivity contribution >= 4 is 23.5 Å². The summed E-state index contributed by atoms with van der Waals surface area (Å²) in [6.45, 7) is 4.15. The van der Waals surface area contributed by atoms with Gasteiger partial charge in [0.2, 0.25) is 0 Å². The van der Waals surface area contributed by atoms with E-state index in [0.717, 1.165) is 21.6 Å². The maximum Gasteiger partial charge on any atom is 0.335 e. The lowest BCUT2D eigenvalue weighted by Crippen LogP contribution is -2.25. The Morgan fingerprint density at radius 2 is 1.71 bits per heavy atom. The van der Waals surface area contributed by atoms with Crippen LogP contribution in [0.3, 0.4) is 0 Å². The van der Waals surface area contributed by atoms with Gasteiger partial charge in [0, 0.05) is 32.8 Å². The average Bonchev–Trinajstić information content (AvgIpc) is 2.52. The summed E-state index contributed by atoms with van der Waals surface area (Å²) in [7, 11) is 0. The number of carboxylic acids is 1. The number of aromatic carboxylic acids is 1. The van der Waals surface area contributed by atoms with Crippen LogP contribution in [0.15, 0.2) is 47.4 Å². The predicted molar refractivity (Wildman–Crippen MR) is 94.7 cm³/mol. The molecule has 0 amide bonds. The van der Waals surface area contributed by atoms with Crippen molar-refractivity contribution in [1.82, 2.24) is 0 Å². The zero-order valence-corrected chi connectivity index (χ0v) is 14.2. The zero-order chi connectivity index (χ0) is 17.3. The van der Waals surface area contributed by atoms with Crippen LogP contribution in [0.1, 0.15) is 52.1 Å². The van der Waals surface area contributed by atoms with Gasteiger partial charge < -0.3 is 5.11 Å². The predicted octanol–water partition coefficient (Wildman–Crippen LogP) is 4.24. The van der Waals surface area contributed by atoms with E-state index in [0.29, 0.717) is 6.42 Å². The third-order valence-corrected chi connectivity index (χ3v) is 5.01. The van der Waals surface area contributed by atoms with E-state index in [9.17, 15) is 9.59 Å². The smallest absolute Gasteiger partial charge is 0.335 e. The fraction of sp³-hybridized carbons (Fsp3) is 0.200. The fourth-order valence-corrected chi connectivity index (χ4v) is 3.79. The highest BCUT2D eigenvalue weighted by Crippen LogP contribution is 2.42. The van der Waals surface area contributed by atoms with Crippen LogP contribution in [0.4, 0.5) is 0 Å². The molecule has 1 heterocycles. The first kappa shape index (κ1) is 16.4. The summed E-state index contributed by atoms with van der Waals surface area (Å²) in [4.78, 5) is 24.2. The lowest BCUT2D eigenvalue weighted by atomic mass is 9.98. The molecule has 1 aliphatic rings. The van der Waals surface area contributed by atoms with Gasteiger partial charge in [-0.2, -0.15) is 0 Å². The number of hydrogen-bond donors (Lipinski definition) is 1. The summed E-state index contributed by atoms with van der Waals surface area (Å²) in [6, 6.07) is 12.1. The first-order valence-electron chi connectivity index (χ1n) is 7.56. The van der Waals surface area contributed by atoms with Crippen molar-refractivity contribution in [2.24, 2.45) is 0 Å². The van der Waals surface area contributed by atoms with E-state index in [1.165, 1.54) is 12.1 Å². The molecular formula is C20H16O3S. The second-order valence-corrected chi connectivity index (χ2v) is 8.05. The molecule has 24 heavy (non-hydrogen) atoms. The second-order valence-electron chi connectivity index (χ2n) is 6.31. The van der Waals surface area contributed by atoms with Gasteiger partial charge >= 0.3 is 5.97 Å². The Bertz CT molecular complexity index is 883. The minimum atomic E-state index is -0.955. The molecular weight excluding hydrogens is 320 g/mol. The van der Waals surface area contributed by atoms with Crippen LogP contribution in [0.5, 0.6) is 0 Å². The lowest BCUT2D eigenvalue weighted by Gasteiger charge is -2.29. The van der Waals surface area contributed by atoms with Crippen LogP contribution in [-0.2, 0) is 0 Å². The molecule has 0 atom stereocenters. The first-order chi connectivity index (χ1) is 11.3. The summed E-state index contributed by atoms with van der Waals surface area (Å²) in [5.41, 5.74) is 2.50. The van der Waals surface area contributed by atoms with Gasteiger partial charge in [0.05, 0.1) is 5.56 Å². The van der Waals surface area contributed by atoms with Crippen molar-refractivity contribution in [3.63, 3.8) is 0 Å². The molecule has 0 aliphatic carbocycles. The second kappa shape index (κ2) is 6.18. The molecule has 2 aromatic rings. The molecule has 4 heteroatoms. The number of fused-ring (bicyclic) bond motifs is 1. The molecule has 120 valence electrons. The van der Waals surface area contributed by atoms with E-state index in [-0.39, 0.29) is 16.1 Å². The van der Waals surface area contributed by atoms with Crippen molar-refractivity contribution < 1.29 is 14.7 Å². The van der Waals surface area contributed by atoms with Gasteiger partial charge in [-0.1, -0.05) is 11.8 Å². The number of ketones is 1. The first-order valence-corrected chi connectivity index (χ1v) is 8.37. The van der Waals surface area contributed by atoms with Gasteiger partial charge in [-0.05, 0) is 56.3 Å². The van der Waals surface area contributed by atoms with E-state index < -0.39 is 5.97 Å². The van der Waals surface area contributed by atoms with Gasteiger partial charge in [-0.15, -0.1) is 11.8 Å². The molecule has 0 saturated carbocycles. The number of benzene rings is 2. The van der Waals surface area contributed by atoms with Crippen LogP contribution in [-0.4, -0.2) is 21.6 Å². The lowest BCUT2D eigenvalue weighted by molar-refractivity contribution is 0.0696. The van der Waals surface area contributed by atoms with Crippen LogP contribution in [0.2, 0.25) is 0 Å². The van der Waals surface area contributed by atoms with Crippen LogP contribution in [0, 0.1) is 11.8 Å². The highest BCUT2D eigenvalue weighted by molar-refractivity contribution is 8.00. The largest absolute Gasteiger partial charge is 0.478 e. The number of rotatable bonds is 1. The molecule has 0 unspecified atom stereocenters. The molecule has 0 bridgehead atoms. The van der Waals surface area contributed by atoms with Crippen molar-refractivity contribution in [3.05, 3.63) is 64.7 Å². The number of Topliss-reactive ketones (excluding diaryl/α,β-unsaturated/α-hetero) is 1. The minimum Gasteiger partial charge on any atom is -0.478 e. The summed E-state index contributed by atoms with van der Waals surface area (Å²) in [6.07, 6.45) is 0.526. The zero-order valence-electron chi connectivity index (χ0n) is 13.4. The van der Waals surface area contributed by atoms with Crippen molar-refractivity contribution in [2.45, 2.75) is 29.9 Å². The SMILES string of the molecule is CC1(C)CC(=O)c2cc(C#Cc3ccc(C(=O)O)cc3)ccc2S1. The van der Waals surface area contributed by atoms with Gasteiger partial charge in [0.15, 0.2) is 5.78 Å². The number of carbonyl (C=O) groups is 2. The third kappa shape index (κ3) is 3.52. The molecule has 0 radical (unpaired) electrons. The average molecular weight is 336 g/mol. The summed E-state index contributed by atoms with van der Waals surface area (Å²) < 4.78 is -0.0663. The topological polar surface area (TPSA) is 54.4 Å². The summed E-state index contributed by atoms with van der Waals surface area (Å²) >= 11 is 1.72. The van der Waals surface area contributed by atoms with E-state index in [1.807, 2.05) is 18.2 Å². The summed E-state index contributed by atoms with van der Waals surface area (Å²) in [5, 5.41) is 8.89.